The minimum atomic E-state index is 0.0663. The van der Waals surface area contributed by atoms with E-state index < -0.39 is 0 Å². The second kappa shape index (κ2) is 9.46. The molecule has 0 unspecified atom stereocenters. The number of benzene rings is 1. The maximum atomic E-state index is 12.0. The van der Waals surface area contributed by atoms with Crippen molar-refractivity contribution in [3.05, 3.63) is 29.8 Å². The quantitative estimate of drug-likeness (QED) is 0.763. The van der Waals surface area contributed by atoms with Gasteiger partial charge in [-0.25, -0.2) is 0 Å². The highest BCUT2D eigenvalue weighted by Crippen LogP contribution is 2.12. The third-order valence-electron chi connectivity index (χ3n) is 3.62. The number of carbonyl (C=O) groups excluding carboxylic acids is 1. The summed E-state index contributed by atoms with van der Waals surface area (Å²) in [6.07, 6.45) is 0.412. The van der Waals surface area contributed by atoms with Gasteiger partial charge in [-0.1, -0.05) is 12.1 Å². The van der Waals surface area contributed by atoms with Crippen molar-refractivity contribution in [3.8, 4) is 5.75 Å². The van der Waals surface area contributed by atoms with E-state index in [-0.39, 0.29) is 5.91 Å². The van der Waals surface area contributed by atoms with Gasteiger partial charge >= 0.3 is 0 Å². The van der Waals surface area contributed by atoms with Gasteiger partial charge in [0.1, 0.15) is 5.75 Å². The Morgan fingerprint density at radius 3 is 2.23 bits per heavy atom. The Balaban J connectivity index is 2.36. The maximum Gasteiger partial charge on any atom is 0.224 e. The van der Waals surface area contributed by atoms with Crippen LogP contribution in [0.25, 0.3) is 0 Å². The molecule has 4 heteroatoms. The maximum absolute atomic E-state index is 12.0. The van der Waals surface area contributed by atoms with Crippen molar-refractivity contribution in [2.45, 2.75) is 53.1 Å². The largest absolute Gasteiger partial charge is 0.494 e. The summed E-state index contributed by atoms with van der Waals surface area (Å²) in [5.41, 5.74) is 1.01. The molecule has 0 saturated carbocycles. The number of rotatable bonds is 9. The first-order valence-corrected chi connectivity index (χ1v) is 8.18. The Kier molecular flexibility index (Phi) is 7.96. The third-order valence-corrected chi connectivity index (χ3v) is 3.62. The van der Waals surface area contributed by atoms with Gasteiger partial charge in [0, 0.05) is 25.2 Å². The number of nitrogens with one attached hydrogen (secondary N) is 1. The van der Waals surface area contributed by atoms with Gasteiger partial charge in [0.15, 0.2) is 0 Å². The first-order valence-electron chi connectivity index (χ1n) is 8.18. The summed E-state index contributed by atoms with van der Waals surface area (Å²) >= 11 is 0. The molecule has 22 heavy (non-hydrogen) atoms. The van der Waals surface area contributed by atoms with E-state index in [0.717, 1.165) is 17.9 Å². The monoisotopic (exact) mass is 306 g/mol. The average molecular weight is 306 g/mol. The lowest BCUT2D eigenvalue weighted by atomic mass is 10.1. The van der Waals surface area contributed by atoms with Crippen molar-refractivity contribution in [2.24, 2.45) is 0 Å². The zero-order chi connectivity index (χ0) is 16.5. The lowest BCUT2D eigenvalue weighted by Gasteiger charge is -2.30. The molecule has 0 aromatic heterocycles. The van der Waals surface area contributed by atoms with Crippen LogP contribution < -0.4 is 10.1 Å². The SMILES string of the molecule is CCOc1ccc(CC(=O)NCCN(C(C)C)C(C)C)cc1. The highest BCUT2D eigenvalue weighted by molar-refractivity contribution is 5.78. The van der Waals surface area contributed by atoms with Crippen molar-refractivity contribution in [2.75, 3.05) is 19.7 Å². The van der Waals surface area contributed by atoms with Crippen LogP contribution in [0.4, 0.5) is 0 Å². The minimum absolute atomic E-state index is 0.0663. The average Bonchev–Trinajstić information content (AvgIpc) is 2.45. The number of hydrogen-bond acceptors (Lipinski definition) is 3. The number of amides is 1. The molecular weight excluding hydrogens is 276 g/mol. The molecule has 1 N–H and O–H groups in total. The van der Waals surface area contributed by atoms with E-state index in [1.165, 1.54) is 0 Å². The summed E-state index contributed by atoms with van der Waals surface area (Å²) in [7, 11) is 0. The van der Waals surface area contributed by atoms with Crippen LogP contribution in [-0.4, -0.2) is 42.6 Å². The molecular formula is C18H30N2O2. The first-order chi connectivity index (χ1) is 10.4. The fraction of sp³-hybridized carbons (Fsp3) is 0.611. The van der Waals surface area contributed by atoms with Gasteiger partial charge in [-0.05, 0) is 52.3 Å². The lowest BCUT2D eigenvalue weighted by Crippen LogP contribution is -2.42. The third kappa shape index (κ3) is 6.48. The number of nitrogens with zero attached hydrogens (tertiary/aromatic N) is 1. The standard InChI is InChI=1S/C18H30N2O2/c1-6-22-17-9-7-16(8-10-17)13-18(21)19-11-12-20(14(2)3)15(4)5/h7-10,14-15H,6,11-13H2,1-5H3,(H,19,21). The van der Waals surface area contributed by atoms with Gasteiger partial charge in [0.25, 0.3) is 0 Å². The van der Waals surface area contributed by atoms with E-state index in [1.54, 1.807) is 0 Å². The molecule has 1 aromatic carbocycles. The molecule has 0 heterocycles. The molecule has 0 radical (unpaired) electrons. The topological polar surface area (TPSA) is 41.6 Å². The Hall–Kier alpha value is -1.55. The van der Waals surface area contributed by atoms with E-state index in [4.69, 9.17) is 4.74 Å². The molecule has 0 aliphatic heterocycles. The molecule has 0 aliphatic carbocycles. The molecule has 0 aliphatic rings. The molecule has 0 bridgehead atoms. The Morgan fingerprint density at radius 1 is 1.14 bits per heavy atom. The summed E-state index contributed by atoms with van der Waals surface area (Å²) in [4.78, 5) is 14.4. The molecule has 1 aromatic rings. The van der Waals surface area contributed by atoms with Crippen LogP contribution in [0.3, 0.4) is 0 Å². The van der Waals surface area contributed by atoms with Gasteiger partial charge in [-0.15, -0.1) is 0 Å². The number of ether oxygens (including phenoxy) is 1. The number of hydrogen-bond donors (Lipinski definition) is 1. The Bertz CT molecular complexity index is 433. The summed E-state index contributed by atoms with van der Waals surface area (Å²) in [6.45, 7) is 12.9. The van der Waals surface area contributed by atoms with Crippen molar-refractivity contribution in [3.63, 3.8) is 0 Å². The normalized spacial score (nSPS) is 11.3. The van der Waals surface area contributed by atoms with Crippen molar-refractivity contribution in [1.29, 1.82) is 0 Å². The smallest absolute Gasteiger partial charge is 0.224 e. The van der Waals surface area contributed by atoms with E-state index in [1.807, 2.05) is 31.2 Å². The lowest BCUT2D eigenvalue weighted by molar-refractivity contribution is -0.120. The van der Waals surface area contributed by atoms with Gasteiger partial charge in [0.2, 0.25) is 5.91 Å². The van der Waals surface area contributed by atoms with Crippen LogP contribution in [0.5, 0.6) is 5.75 Å². The fourth-order valence-corrected chi connectivity index (χ4v) is 2.56. The van der Waals surface area contributed by atoms with Gasteiger partial charge in [-0.3, -0.25) is 9.69 Å². The highest BCUT2D eigenvalue weighted by atomic mass is 16.5. The molecule has 0 fully saturated rings. The van der Waals surface area contributed by atoms with E-state index in [2.05, 4.69) is 37.9 Å². The molecule has 0 atom stereocenters. The van der Waals surface area contributed by atoms with Crippen LogP contribution in [0.15, 0.2) is 24.3 Å². The Labute approximate surface area is 134 Å². The van der Waals surface area contributed by atoms with Gasteiger partial charge in [-0.2, -0.15) is 0 Å². The van der Waals surface area contributed by atoms with Crippen LogP contribution in [0.1, 0.15) is 40.2 Å². The predicted octanol–water partition coefficient (Wildman–Crippen LogP) is 2.86. The second-order valence-corrected chi connectivity index (χ2v) is 6.03. The number of carbonyl (C=O) groups is 1. The molecule has 0 spiro atoms. The van der Waals surface area contributed by atoms with Crippen LogP contribution in [-0.2, 0) is 11.2 Å². The zero-order valence-corrected chi connectivity index (χ0v) is 14.6. The Morgan fingerprint density at radius 2 is 1.73 bits per heavy atom. The summed E-state index contributed by atoms with van der Waals surface area (Å²) in [6, 6.07) is 8.68. The van der Waals surface area contributed by atoms with Crippen LogP contribution in [0, 0.1) is 0 Å². The molecule has 124 valence electrons. The predicted molar refractivity (Wildman–Crippen MR) is 91.3 cm³/mol. The second-order valence-electron chi connectivity index (χ2n) is 6.03. The van der Waals surface area contributed by atoms with Crippen LogP contribution in [0.2, 0.25) is 0 Å². The summed E-state index contributed by atoms with van der Waals surface area (Å²) < 4.78 is 5.40. The molecule has 4 nitrogen and oxygen atoms in total. The van der Waals surface area contributed by atoms with E-state index in [0.29, 0.717) is 31.7 Å². The van der Waals surface area contributed by atoms with Gasteiger partial charge < -0.3 is 10.1 Å². The van der Waals surface area contributed by atoms with Crippen molar-refractivity contribution < 1.29 is 9.53 Å². The van der Waals surface area contributed by atoms with Gasteiger partial charge in [0.05, 0.1) is 13.0 Å². The molecule has 0 saturated heterocycles. The fourth-order valence-electron chi connectivity index (χ4n) is 2.56. The zero-order valence-electron chi connectivity index (χ0n) is 14.6. The first kappa shape index (κ1) is 18.5. The van der Waals surface area contributed by atoms with E-state index in [9.17, 15) is 4.79 Å². The molecule has 1 rings (SSSR count). The van der Waals surface area contributed by atoms with E-state index >= 15 is 0 Å². The highest BCUT2D eigenvalue weighted by Gasteiger charge is 2.13. The summed E-state index contributed by atoms with van der Waals surface area (Å²) in [5.74, 6) is 0.910. The van der Waals surface area contributed by atoms with Crippen molar-refractivity contribution in [1.82, 2.24) is 10.2 Å². The summed E-state index contributed by atoms with van der Waals surface area (Å²) in [5, 5.41) is 3.00. The minimum Gasteiger partial charge on any atom is -0.494 e. The van der Waals surface area contributed by atoms with Crippen molar-refractivity contribution >= 4 is 5.91 Å². The molecule has 1 amide bonds. The van der Waals surface area contributed by atoms with Crippen LogP contribution >= 0.6 is 0 Å².